The van der Waals surface area contributed by atoms with Gasteiger partial charge in [-0.3, -0.25) is 9.69 Å². The minimum Gasteiger partial charge on any atom is -0.508 e. The highest BCUT2D eigenvalue weighted by atomic mass is 32.2. The molecule has 2 aliphatic carbocycles. The highest BCUT2D eigenvalue weighted by molar-refractivity contribution is 8.00. The zero-order chi connectivity index (χ0) is 25.1. The Morgan fingerprint density at radius 3 is 2.70 bits per heavy atom. The fraction of sp³-hybridized carbons (Fsp3) is 0.355. The van der Waals surface area contributed by atoms with E-state index in [1.165, 1.54) is 31.2 Å². The lowest BCUT2D eigenvalue weighted by Crippen LogP contribution is -2.37. The van der Waals surface area contributed by atoms with Crippen LogP contribution in [0.5, 0.6) is 5.75 Å². The number of thioether (sulfide) groups is 1. The van der Waals surface area contributed by atoms with Gasteiger partial charge in [-0.25, -0.2) is 4.98 Å². The monoisotopic (exact) mass is 526 g/mol. The van der Waals surface area contributed by atoms with Crippen molar-refractivity contribution in [1.29, 1.82) is 0 Å². The first-order valence-electron chi connectivity index (χ1n) is 13.2. The Balaban J connectivity index is 1.14. The van der Waals surface area contributed by atoms with Crippen molar-refractivity contribution in [3.05, 3.63) is 87.9 Å². The van der Waals surface area contributed by atoms with Crippen molar-refractivity contribution >= 4 is 44.9 Å². The van der Waals surface area contributed by atoms with Crippen LogP contribution >= 0.6 is 23.1 Å². The summed E-state index contributed by atoms with van der Waals surface area (Å²) in [5.74, 6) is 1.09. The molecule has 0 bridgehead atoms. The molecular weight excluding hydrogens is 496 g/mol. The molecule has 37 heavy (non-hydrogen) atoms. The molecule has 4 aromatic rings. The van der Waals surface area contributed by atoms with Crippen LogP contribution in [-0.4, -0.2) is 21.8 Å². The number of amides is 1. The molecule has 7 rings (SSSR count). The standard InChI is InChI=1S/C31H30N2O2S2/c1-31(23-12-10-19-6-2-3-8-21(19)14-23)15-22(16-31)25-17-37-30(32-25)33-27(35)18-36-29(33)28-24-9-5-4-7-20(24)11-13-26(28)34/h4-5,7,9-14,17,22,29,34H,2-3,6,8,15-16,18H2,1H3. The van der Waals surface area contributed by atoms with Crippen molar-refractivity contribution < 1.29 is 9.90 Å². The molecule has 3 aliphatic rings. The molecule has 0 spiro atoms. The number of fused-ring (bicyclic) bond motifs is 2. The van der Waals surface area contributed by atoms with Gasteiger partial charge >= 0.3 is 0 Å². The molecule has 1 aromatic heterocycles. The molecule has 1 amide bonds. The smallest absolute Gasteiger partial charge is 0.240 e. The molecule has 0 radical (unpaired) electrons. The summed E-state index contributed by atoms with van der Waals surface area (Å²) < 4.78 is 0. The van der Waals surface area contributed by atoms with Crippen LogP contribution in [-0.2, 0) is 23.1 Å². The quantitative estimate of drug-likeness (QED) is 0.299. The number of nitrogens with zero attached hydrogens (tertiary/aromatic N) is 2. The van der Waals surface area contributed by atoms with E-state index in [1.54, 1.807) is 40.3 Å². The minimum absolute atomic E-state index is 0.0516. The van der Waals surface area contributed by atoms with Crippen molar-refractivity contribution in [2.45, 2.75) is 62.2 Å². The molecule has 1 atom stereocenters. The first kappa shape index (κ1) is 23.3. The number of carbonyl (C=O) groups is 1. The average molecular weight is 527 g/mol. The molecule has 1 aliphatic heterocycles. The Kier molecular flexibility index (Phi) is 5.59. The zero-order valence-corrected chi connectivity index (χ0v) is 22.6. The summed E-state index contributed by atoms with van der Waals surface area (Å²) >= 11 is 3.12. The largest absolute Gasteiger partial charge is 0.508 e. The summed E-state index contributed by atoms with van der Waals surface area (Å²) in [7, 11) is 0. The Labute approximate surface area is 225 Å². The van der Waals surface area contributed by atoms with Gasteiger partial charge in [-0.05, 0) is 77.5 Å². The summed E-state index contributed by atoms with van der Waals surface area (Å²) in [5, 5.41) is 15.5. The molecule has 1 saturated carbocycles. The van der Waals surface area contributed by atoms with Crippen LogP contribution in [0.4, 0.5) is 5.13 Å². The van der Waals surface area contributed by atoms with Gasteiger partial charge in [0, 0.05) is 16.9 Å². The Morgan fingerprint density at radius 2 is 1.84 bits per heavy atom. The molecule has 1 saturated heterocycles. The predicted molar refractivity (Wildman–Crippen MR) is 153 cm³/mol. The van der Waals surface area contributed by atoms with Crippen LogP contribution in [0.1, 0.15) is 71.8 Å². The van der Waals surface area contributed by atoms with Gasteiger partial charge in [0.2, 0.25) is 5.91 Å². The van der Waals surface area contributed by atoms with Crippen LogP contribution < -0.4 is 4.90 Å². The third-order valence-corrected chi connectivity index (χ3v) is 10.7. The summed E-state index contributed by atoms with van der Waals surface area (Å²) in [5.41, 5.74) is 6.65. The Hall–Kier alpha value is -2.83. The maximum atomic E-state index is 13.1. The van der Waals surface area contributed by atoms with Gasteiger partial charge in [-0.1, -0.05) is 55.5 Å². The number of phenols is 1. The second-order valence-corrected chi connectivity index (χ2v) is 13.0. The highest BCUT2D eigenvalue weighted by Crippen LogP contribution is 2.54. The third kappa shape index (κ3) is 3.88. The molecule has 4 nitrogen and oxygen atoms in total. The van der Waals surface area contributed by atoms with Gasteiger partial charge in [0.15, 0.2) is 5.13 Å². The SMILES string of the molecule is CC1(c2ccc3c(c2)CCCC3)CC(c2csc(N3C(=O)CSC3c3c(O)ccc4ccccc34)n2)C1. The molecule has 1 unspecified atom stereocenters. The van der Waals surface area contributed by atoms with Gasteiger partial charge in [-0.2, -0.15) is 0 Å². The van der Waals surface area contributed by atoms with E-state index in [2.05, 4.69) is 30.5 Å². The number of rotatable bonds is 4. The number of aryl methyl sites for hydroxylation is 2. The van der Waals surface area contributed by atoms with Gasteiger partial charge < -0.3 is 5.11 Å². The fourth-order valence-electron chi connectivity index (χ4n) is 6.54. The second-order valence-electron chi connectivity index (χ2n) is 11.1. The number of benzene rings is 3. The van der Waals surface area contributed by atoms with Crippen LogP contribution in [0.3, 0.4) is 0 Å². The van der Waals surface area contributed by atoms with E-state index in [9.17, 15) is 9.90 Å². The number of phenolic OH excluding ortho intramolecular Hbond substituents is 1. The van der Waals surface area contributed by atoms with E-state index in [-0.39, 0.29) is 22.4 Å². The van der Waals surface area contributed by atoms with E-state index < -0.39 is 0 Å². The average Bonchev–Trinajstić information content (AvgIpc) is 3.53. The maximum Gasteiger partial charge on any atom is 0.240 e. The molecule has 1 N–H and O–H groups in total. The van der Waals surface area contributed by atoms with Gasteiger partial charge in [0.1, 0.15) is 11.1 Å². The van der Waals surface area contributed by atoms with E-state index >= 15 is 0 Å². The van der Waals surface area contributed by atoms with Crippen molar-refractivity contribution in [1.82, 2.24) is 4.98 Å². The molecule has 2 heterocycles. The first-order chi connectivity index (χ1) is 18.0. The van der Waals surface area contributed by atoms with Crippen LogP contribution in [0.15, 0.2) is 60.0 Å². The summed E-state index contributed by atoms with van der Waals surface area (Å²) in [6, 6.07) is 18.9. The van der Waals surface area contributed by atoms with Crippen molar-refractivity contribution in [3.8, 4) is 5.75 Å². The lowest BCUT2D eigenvalue weighted by Gasteiger charge is -2.45. The number of hydrogen-bond acceptors (Lipinski definition) is 5. The van der Waals surface area contributed by atoms with Crippen LogP contribution in [0.25, 0.3) is 10.8 Å². The van der Waals surface area contributed by atoms with E-state index in [4.69, 9.17) is 4.98 Å². The second kappa shape index (κ2) is 8.88. The zero-order valence-electron chi connectivity index (χ0n) is 20.9. The van der Waals surface area contributed by atoms with E-state index in [0.717, 1.165) is 40.0 Å². The van der Waals surface area contributed by atoms with Gasteiger partial charge in [-0.15, -0.1) is 23.1 Å². The number of hydrogen-bond donors (Lipinski definition) is 1. The third-order valence-electron chi connectivity index (χ3n) is 8.64. The molecular formula is C31H30N2O2S2. The normalized spacial score (nSPS) is 25.3. The van der Waals surface area contributed by atoms with Crippen molar-refractivity contribution in [2.24, 2.45) is 0 Å². The Bertz CT molecular complexity index is 1520. The van der Waals surface area contributed by atoms with E-state index in [1.807, 2.05) is 35.2 Å². The summed E-state index contributed by atoms with van der Waals surface area (Å²) in [6.45, 7) is 2.39. The number of thiazole rings is 1. The molecule has 2 fully saturated rings. The number of aromatic hydroxyl groups is 1. The van der Waals surface area contributed by atoms with Crippen molar-refractivity contribution in [2.75, 3.05) is 10.7 Å². The highest BCUT2D eigenvalue weighted by Gasteiger charge is 2.44. The molecule has 3 aromatic carbocycles. The van der Waals surface area contributed by atoms with E-state index in [0.29, 0.717) is 11.7 Å². The summed E-state index contributed by atoms with van der Waals surface area (Å²) in [6.07, 6.45) is 7.24. The fourth-order valence-corrected chi connectivity index (χ4v) is 8.78. The number of carbonyl (C=O) groups excluding carboxylic acids is 1. The maximum absolute atomic E-state index is 13.1. The van der Waals surface area contributed by atoms with Crippen LogP contribution in [0.2, 0.25) is 0 Å². The lowest BCUT2D eigenvalue weighted by molar-refractivity contribution is -0.115. The Morgan fingerprint density at radius 1 is 1.03 bits per heavy atom. The predicted octanol–water partition coefficient (Wildman–Crippen LogP) is 7.49. The number of aromatic nitrogens is 1. The topological polar surface area (TPSA) is 53.4 Å². The van der Waals surface area contributed by atoms with Gasteiger partial charge in [0.05, 0.1) is 11.4 Å². The molecule has 188 valence electrons. The minimum atomic E-state index is -0.278. The first-order valence-corrected chi connectivity index (χ1v) is 15.1. The number of anilines is 1. The lowest BCUT2D eigenvalue weighted by atomic mass is 9.59. The van der Waals surface area contributed by atoms with Crippen LogP contribution in [0, 0.1) is 0 Å². The summed E-state index contributed by atoms with van der Waals surface area (Å²) in [4.78, 5) is 19.9. The van der Waals surface area contributed by atoms with Crippen molar-refractivity contribution in [3.63, 3.8) is 0 Å². The molecule has 6 heteroatoms. The van der Waals surface area contributed by atoms with Gasteiger partial charge in [0.25, 0.3) is 0 Å².